The van der Waals surface area contributed by atoms with Crippen LogP contribution in [0.3, 0.4) is 0 Å². The summed E-state index contributed by atoms with van der Waals surface area (Å²) in [5, 5.41) is 8.91. The van der Waals surface area contributed by atoms with Gasteiger partial charge in [0.1, 0.15) is 5.58 Å². The number of rotatable bonds is 9. The van der Waals surface area contributed by atoms with E-state index in [2.05, 4.69) is 0 Å². The van der Waals surface area contributed by atoms with Gasteiger partial charge in [0.15, 0.2) is 17.3 Å². The molecule has 182 valence electrons. The highest BCUT2D eigenvalue weighted by Crippen LogP contribution is 2.37. The lowest BCUT2D eigenvalue weighted by Crippen LogP contribution is -2.16. The largest absolute Gasteiger partial charge is 0.481 e. The van der Waals surface area contributed by atoms with E-state index in [1.165, 1.54) is 31.2 Å². The van der Waals surface area contributed by atoms with Crippen molar-refractivity contribution in [1.82, 2.24) is 0 Å². The number of para-hydroxylation sites is 1. The van der Waals surface area contributed by atoms with Crippen LogP contribution < -0.4 is 19.6 Å². The normalized spacial score (nSPS) is 10.6. The Balaban J connectivity index is 2.06. The second-order valence-corrected chi connectivity index (χ2v) is 7.51. The molecular formula is C25H22O10. The number of fused-ring (bicyclic) bond motifs is 1. The van der Waals surface area contributed by atoms with E-state index in [1.54, 1.807) is 18.2 Å². The van der Waals surface area contributed by atoms with Crippen molar-refractivity contribution < 1.29 is 42.9 Å². The van der Waals surface area contributed by atoms with Crippen LogP contribution in [0.2, 0.25) is 0 Å². The molecule has 3 aromatic rings. The van der Waals surface area contributed by atoms with Crippen LogP contribution in [0.4, 0.5) is 0 Å². The molecule has 10 nitrogen and oxygen atoms in total. The summed E-state index contributed by atoms with van der Waals surface area (Å²) < 4.78 is 21.5. The highest BCUT2D eigenvalue weighted by atomic mass is 16.6. The smallest absolute Gasteiger partial charge is 0.311 e. The number of esters is 3. The number of ether oxygens (including phenoxy) is 3. The van der Waals surface area contributed by atoms with Gasteiger partial charge in [0.05, 0.1) is 5.39 Å². The molecule has 0 aliphatic carbocycles. The maximum absolute atomic E-state index is 13.2. The fourth-order valence-corrected chi connectivity index (χ4v) is 3.24. The van der Waals surface area contributed by atoms with E-state index in [9.17, 15) is 24.0 Å². The van der Waals surface area contributed by atoms with Crippen molar-refractivity contribution in [3.05, 3.63) is 52.7 Å². The molecule has 0 amide bonds. The molecule has 1 aromatic heterocycles. The van der Waals surface area contributed by atoms with Crippen LogP contribution in [0.1, 0.15) is 39.5 Å². The van der Waals surface area contributed by atoms with Crippen molar-refractivity contribution in [2.45, 2.75) is 39.5 Å². The number of hydrogen-bond donors (Lipinski definition) is 1. The van der Waals surface area contributed by atoms with Gasteiger partial charge in [0.25, 0.3) is 0 Å². The Hall–Kier alpha value is -4.47. The molecule has 0 unspecified atom stereocenters. The summed E-state index contributed by atoms with van der Waals surface area (Å²) >= 11 is 0. The molecule has 1 heterocycles. The van der Waals surface area contributed by atoms with Gasteiger partial charge < -0.3 is 23.7 Å². The van der Waals surface area contributed by atoms with Crippen molar-refractivity contribution in [1.29, 1.82) is 0 Å². The summed E-state index contributed by atoms with van der Waals surface area (Å²) in [4.78, 5) is 59.2. The lowest BCUT2D eigenvalue weighted by Gasteiger charge is -2.13. The van der Waals surface area contributed by atoms with Crippen LogP contribution in [0, 0.1) is 0 Å². The fraction of sp³-hybridized carbons (Fsp3) is 0.240. The summed E-state index contributed by atoms with van der Waals surface area (Å²) in [6.07, 6.45) is 0.327. The van der Waals surface area contributed by atoms with E-state index in [1.807, 2.05) is 0 Å². The third-order valence-corrected chi connectivity index (χ3v) is 4.71. The SMILES string of the molecule is CC(=O)Oc1ccc(-c2oc3ccccc3c(=O)c2OC(=O)CCCCC(=O)O)cc1OC(C)=O. The molecule has 0 spiro atoms. The van der Waals surface area contributed by atoms with Gasteiger partial charge in [-0.25, -0.2) is 0 Å². The molecular weight excluding hydrogens is 460 g/mol. The summed E-state index contributed by atoms with van der Waals surface area (Å²) in [6.45, 7) is 2.35. The first kappa shape index (κ1) is 25.2. The molecule has 3 rings (SSSR count). The van der Waals surface area contributed by atoms with E-state index in [4.69, 9.17) is 23.7 Å². The summed E-state index contributed by atoms with van der Waals surface area (Å²) in [5.74, 6) is -3.64. The Kier molecular flexibility index (Phi) is 7.98. The summed E-state index contributed by atoms with van der Waals surface area (Å²) in [7, 11) is 0. The molecule has 35 heavy (non-hydrogen) atoms. The number of benzene rings is 2. The second kappa shape index (κ2) is 11.1. The molecule has 1 N–H and O–H groups in total. The van der Waals surface area contributed by atoms with Crippen LogP contribution in [0.25, 0.3) is 22.3 Å². The van der Waals surface area contributed by atoms with Gasteiger partial charge in [0.2, 0.25) is 11.2 Å². The molecule has 0 saturated carbocycles. The van der Waals surface area contributed by atoms with Crippen LogP contribution >= 0.6 is 0 Å². The number of carboxylic acids is 1. The molecule has 0 aliphatic rings. The second-order valence-electron chi connectivity index (χ2n) is 7.51. The first-order valence-corrected chi connectivity index (χ1v) is 10.6. The average molecular weight is 482 g/mol. The van der Waals surface area contributed by atoms with Crippen molar-refractivity contribution in [3.8, 4) is 28.6 Å². The van der Waals surface area contributed by atoms with Gasteiger partial charge in [-0.2, -0.15) is 0 Å². The maximum Gasteiger partial charge on any atom is 0.311 e. The Bertz CT molecular complexity index is 1350. The molecule has 0 radical (unpaired) electrons. The lowest BCUT2D eigenvalue weighted by atomic mass is 10.1. The van der Waals surface area contributed by atoms with Gasteiger partial charge in [-0.1, -0.05) is 12.1 Å². The monoisotopic (exact) mass is 482 g/mol. The van der Waals surface area contributed by atoms with Crippen molar-refractivity contribution in [3.63, 3.8) is 0 Å². The number of hydrogen-bond acceptors (Lipinski definition) is 9. The van der Waals surface area contributed by atoms with Gasteiger partial charge in [-0.3, -0.25) is 24.0 Å². The molecule has 0 atom stereocenters. The van der Waals surface area contributed by atoms with E-state index in [-0.39, 0.29) is 65.2 Å². The van der Waals surface area contributed by atoms with Crippen molar-refractivity contribution in [2.24, 2.45) is 0 Å². The molecule has 2 aromatic carbocycles. The lowest BCUT2D eigenvalue weighted by molar-refractivity contribution is -0.138. The van der Waals surface area contributed by atoms with Gasteiger partial charge in [-0.05, 0) is 43.2 Å². The van der Waals surface area contributed by atoms with Crippen LogP contribution in [-0.2, 0) is 19.2 Å². The number of carboxylic acid groups (broad SMARTS) is 1. The zero-order valence-corrected chi connectivity index (χ0v) is 19.0. The Labute approximate surface area is 199 Å². The molecule has 10 heteroatoms. The number of unbranched alkanes of at least 4 members (excludes halogenated alkanes) is 1. The number of aliphatic carboxylic acids is 1. The van der Waals surface area contributed by atoms with E-state index in [0.29, 0.717) is 0 Å². The zero-order chi connectivity index (χ0) is 25.5. The van der Waals surface area contributed by atoms with Crippen LogP contribution in [0.15, 0.2) is 51.7 Å². The number of carbonyl (C=O) groups is 4. The van der Waals surface area contributed by atoms with Gasteiger partial charge in [0, 0.05) is 32.3 Å². The molecule has 0 bridgehead atoms. The third-order valence-electron chi connectivity index (χ3n) is 4.71. The third kappa shape index (κ3) is 6.53. The van der Waals surface area contributed by atoms with Gasteiger partial charge in [-0.15, -0.1) is 0 Å². The minimum Gasteiger partial charge on any atom is -0.481 e. The average Bonchev–Trinajstić information content (AvgIpc) is 2.79. The Morgan fingerprint density at radius 1 is 0.857 bits per heavy atom. The highest BCUT2D eigenvalue weighted by Gasteiger charge is 2.22. The summed E-state index contributed by atoms with van der Waals surface area (Å²) in [5.41, 5.74) is -0.153. The van der Waals surface area contributed by atoms with Gasteiger partial charge >= 0.3 is 23.9 Å². The first-order valence-electron chi connectivity index (χ1n) is 10.6. The topological polar surface area (TPSA) is 146 Å². The Morgan fingerprint density at radius 3 is 2.20 bits per heavy atom. The zero-order valence-electron chi connectivity index (χ0n) is 19.0. The molecule has 0 aliphatic heterocycles. The van der Waals surface area contributed by atoms with Crippen LogP contribution in [-0.4, -0.2) is 29.0 Å². The number of carbonyl (C=O) groups excluding carboxylic acids is 3. The van der Waals surface area contributed by atoms with E-state index >= 15 is 0 Å². The quantitative estimate of drug-likeness (QED) is 0.271. The standard InChI is InChI=1S/C25H22O10/c1-14(26)32-19-12-11-16(13-20(19)33-15(2)27)24-25(35-22(30)10-6-5-9-21(28)29)23(31)17-7-3-4-8-18(17)34-24/h3-4,7-8,11-13H,5-6,9-10H2,1-2H3,(H,28,29). The molecule has 0 saturated heterocycles. The van der Waals surface area contributed by atoms with Crippen molar-refractivity contribution >= 4 is 34.8 Å². The molecule has 0 fully saturated rings. The minimum absolute atomic E-state index is 0.0310. The van der Waals surface area contributed by atoms with Crippen molar-refractivity contribution in [2.75, 3.05) is 0 Å². The predicted molar refractivity (Wildman–Crippen MR) is 122 cm³/mol. The Morgan fingerprint density at radius 2 is 1.51 bits per heavy atom. The minimum atomic E-state index is -0.975. The van der Waals surface area contributed by atoms with E-state index < -0.39 is 29.3 Å². The maximum atomic E-state index is 13.2. The van der Waals surface area contributed by atoms with E-state index in [0.717, 1.165) is 6.92 Å². The first-order chi connectivity index (χ1) is 16.7. The van der Waals surface area contributed by atoms with Crippen LogP contribution in [0.5, 0.6) is 17.2 Å². The predicted octanol–water partition coefficient (Wildman–Crippen LogP) is 3.86. The summed E-state index contributed by atoms with van der Waals surface area (Å²) in [6, 6.07) is 10.5. The fourth-order valence-electron chi connectivity index (χ4n) is 3.24. The highest BCUT2D eigenvalue weighted by molar-refractivity contribution is 5.85.